The number of alkyl halides is 3. The van der Waals surface area contributed by atoms with Crippen molar-refractivity contribution in [1.82, 2.24) is 15.5 Å². The van der Waals surface area contributed by atoms with Crippen molar-refractivity contribution < 1.29 is 41.0 Å². The Labute approximate surface area is 190 Å². The van der Waals surface area contributed by atoms with E-state index in [1.807, 2.05) is 0 Å². The van der Waals surface area contributed by atoms with Crippen LogP contribution in [-0.4, -0.2) is 47.8 Å². The second-order valence-electron chi connectivity index (χ2n) is 7.86. The first-order chi connectivity index (χ1) is 15.7. The second-order valence-corrected chi connectivity index (χ2v) is 8.30. The highest BCUT2D eigenvalue weighted by atomic mass is 35.5. The number of nitrogens with zero attached hydrogens (tertiary/aromatic N) is 2. The number of nitrogens with one attached hydrogen (secondary N) is 1. The topological polar surface area (TPSA) is 95.7 Å². The zero-order valence-corrected chi connectivity index (χ0v) is 17.9. The number of hydrogen-bond donors (Lipinski definition) is 1. The summed E-state index contributed by atoms with van der Waals surface area (Å²) in [4.78, 5) is 12.1. The molecule has 2 heterocycles. The van der Waals surface area contributed by atoms with Gasteiger partial charge in [0.05, 0.1) is 18.8 Å². The lowest BCUT2D eigenvalue weighted by atomic mass is 9.82. The molecule has 0 radical (unpaired) electrons. The van der Waals surface area contributed by atoms with Gasteiger partial charge in [0.25, 0.3) is 5.91 Å². The maximum atomic E-state index is 13.7. The monoisotopic (exact) mass is 493 g/mol. The first kappa shape index (κ1) is 23.7. The number of amides is 1. The van der Waals surface area contributed by atoms with Crippen molar-refractivity contribution in [1.29, 1.82) is 0 Å². The van der Waals surface area contributed by atoms with Crippen molar-refractivity contribution in [2.45, 2.75) is 56.2 Å². The van der Waals surface area contributed by atoms with Crippen LogP contribution in [-0.2, 0) is 14.3 Å². The molecule has 4 rings (SSSR count). The van der Waals surface area contributed by atoms with Crippen LogP contribution in [0.5, 0.6) is 5.75 Å². The minimum Gasteiger partial charge on any atom is -0.481 e. The molecule has 0 bridgehead atoms. The van der Waals surface area contributed by atoms with Crippen molar-refractivity contribution in [2.24, 2.45) is 0 Å². The first-order valence-corrected chi connectivity index (χ1v) is 10.6. The van der Waals surface area contributed by atoms with Gasteiger partial charge in [-0.25, -0.2) is 4.39 Å². The molecule has 0 unspecified atom stereocenters. The SMILES string of the molecule is O=C(COc1ccc(Cl)cc1F)N[C@H]1CC[C@H](c2nnc([C@H]3C[C@@H](OC(F)(F)F)C3)o2)OC1. The molecule has 1 aliphatic carbocycles. The smallest absolute Gasteiger partial charge is 0.481 e. The van der Waals surface area contributed by atoms with Gasteiger partial charge in [-0.05, 0) is 43.9 Å². The molecule has 0 spiro atoms. The van der Waals surface area contributed by atoms with Gasteiger partial charge in [-0.1, -0.05) is 11.6 Å². The van der Waals surface area contributed by atoms with Crippen LogP contribution in [0.15, 0.2) is 22.6 Å². The highest BCUT2D eigenvalue weighted by Crippen LogP contribution is 2.41. The summed E-state index contributed by atoms with van der Waals surface area (Å²) >= 11 is 5.67. The van der Waals surface area contributed by atoms with E-state index < -0.39 is 30.3 Å². The standard InChI is InChI=1S/C20H20ClF4N3O5/c21-11-1-3-15(14(22)7-11)31-9-17(29)26-12-2-4-16(30-8-12)19-28-27-18(32-19)10-5-13(6-10)33-20(23,24)25/h1,3,7,10,12-13,16H,2,4-6,8-9H2,(H,26,29)/t10-,12-,13+,16+/m0/s1. The lowest BCUT2D eigenvalue weighted by molar-refractivity contribution is -0.352. The third-order valence-corrected chi connectivity index (χ3v) is 5.60. The van der Waals surface area contributed by atoms with Gasteiger partial charge in [-0.15, -0.1) is 23.4 Å². The van der Waals surface area contributed by atoms with Gasteiger partial charge in [0, 0.05) is 10.9 Å². The van der Waals surface area contributed by atoms with E-state index in [9.17, 15) is 22.4 Å². The van der Waals surface area contributed by atoms with E-state index in [2.05, 4.69) is 20.3 Å². The number of carbonyl (C=O) groups excluding carboxylic acids is 1. The van der Waals surface area contributed by atoms with Crippen LogP contribution in [0.3, 0.4) is 0 Å². The Morgan fingerprint density at radius 2 is 1.97 bits per heavy atom. The molecular formula is C20H20ClF4N3O5. The quantitative estimate of drug-likeness (QED) is 0.581. The maximum Gasteiger partial charge on any atom is 0.522 e. The molecule has 8 nitrogen and oxygen atoms in total. The highest BCUT2D eigenvalue weighted by Gasteiger charge is 2.42. The number of aromatic nitrogens is 2. The average Bonchev–Trinajstić information content (AvgIpc) is 3.19. The fourth-order valence-electron chi connectivity index (χ4n) is 3.66. The van der Waals surface area contributed by atoms with Gasteiger partial charge in [0.2, 0.25) is 11.8 Å². The van der Waals surface area contributed by atoms with E-state index in [0.717, 1.165) is 6.07 Å². The Kier molecular flexibility index (Phi) is 7.05. The summed E-state index contributed by atoms with van der Waals surface area (Å²) in [6.07, 6.45) is -4.67. The summed E-state index contributed by atoms with van der Waals surface area (Å²) in [6.45, 7) is -0.180. The van der Waals surface area contributed by atoms with Gasteiger partial charge in [-0.2, -0.15) is 0 Å². The molecule has 2 aliphatic rings. The van der Waals surface area contributed by atoms with Gasteiger partial charge in [0.15, 0.2) is 18.2 Å². The molecule has 1 amide bonds. The van der Waals surface area contributed by atoms with E-state index in [1.165, 1.54) is 12.1 Å². The molecule has 1 aromatic heterocycles. The summed E-state index contributed by atoms with van der Waals surface area (Å²) in [7, 11) is 0. The molecule has 1 saturated carbocycles. The lowest BCUT2D eigenvalue weighted by Gasteiger charge is -2.33. The largest absolute Gasteiger partial charge is 0.522 e. The molecule has 2 fully saturated rings. The van der Waals surface area contributed by atoms with Crippen LogP contribution in [0.25, 0.3) is 0 Å². The number of halogens is 5. The fourth-order valence-corrected chi connectivity index (χ4v) is 3.82. The minimum atomic E-state index is -4.66. The van der Waals surface area contributed by atoms with Crippen LogP contribution in [0.2, 0.25) is 5.02 Å². The highest BCUT2D eigenvalue weighted by molar-refractivity contribution is 6.30. The third-order valence-electron chi connectivity index (χ3n) is 5.37. The molecular weight excluding hydrogens is 474 g/mol. The van der Waals surface area contributed by atoms with E-state index in [1.54, 1.807) is 0 Å². The zero-order valence-electron chi connectivity index (χ0n) is 17.1. The van der Waals surface area contributed by atoms with Crippen LogP contribution < -0.4 is 10.1 Å². The van der Waals surface area contributed by atoms with Crippen molar-refractivity contribution in [2.75, 3.05) is 13.2 Å². The second kappa shape index (κ2) is 9.82. The normalized spacial score (nSPS) is 25.4. The Morgan fingerprint density at radius 1 is 1.21 bits per heavy atom. The lowest BCUT2D eigenvalue weighted by Crippen LogP contribution is -2.43. The number of benzene rings is 1. The van der Waals surface area contributed by atoms with Crippen LogP contribution in [0.4, 0.5) is 17.6 Å². The van der Waals surface area contributed by atoms with E-state index in [0.29, 0.717) is 12.8 Å². The van der Waals surface area contributed by atoms with Crippen LogP contribution in [0.1, 0.15) is 49.5 Å². The van der Waals surface area contributed by atoms with Crippen LogP contribution >= 0.6 is 11.6 Å². The Bertz CT molecular complexity index is 975. The van der Waals surface area contributed by atoms with Crippen LogP contribution in [0, 0.1) is 5.82 Å². The first-order valence-electron chi connectivity index (χ1n) is 10.2. The third kappa shape index (κ3) is 6.33. The maximum absolute atomic E-state index is 13.7. The predicted molar refractivity (Wildman–Crippen MR) is 104 cm³/mol. The van der Waals surface area contributed by atoms with Gasteiger partial charge in [0.1, 0.15) is 6.10 Å². The number of hydrogen-bond acceptors (Lipinski definition) is 7. The van der Waals surface area contributed by atoms with Crippen molar-refractivity contribution in [3.8, 4) is 5.75 Å². The minimum absolute atomic E-state index is 0.0792. The average molecular weight is 494 g/mol. The summed E-state index contributed by atoms with van der Waals surface area (Å²) in [6, 6.07) is 3.61. The van der Waals surface area contributed by atoms with E-state index >= 15 is 0 Å². The molecule has 2 aromatic rings. The Hall–Kier alpha value is -2.44. The van der Waals surface area contributed by atoms with Gasteiger partial charge < -0.3 is 19.2 Å². The van der Waals surface area contributed by atoms with Gasteiger partial charge >= 0.3 is 6.36 Å². The summed E-state index contributed by atoms with van der Waals surface area (Å²) in [5, 5.41) is 10.8. The van der Waals surface area contributed by atoms with Crippen molar-refractivity contribution in [3.63, 3.8) is 0 Å². The van der Waals surface area contributed by atoms with E-state index in [4.69, 9.17) is 25.5 Å². The number of rotatable bonds is 7. The van der Waals surface area contributed by atoms with Crippen molar-refractivity contribution in [3.05, 3.63) is 40.8 Å². The predicted octanol–water partition coefficient (Wildman–Crippen LogP) is 4.06. The molecule has 1 N–H and O–H groups in total. The molecule has 1 aromatic carbocycles. The van der Waals surface area contributed by atoms with Crippen molar-refractivity contribution >= 4 is 17.5 Å². The fraction of sp³-hybridized carbons (Fsp3) is 0.550. The Balaban J connectivity index is 1.18. The Morgan fingerprint density at radius 3 is 2.64 bits per heavy atom. The molecule has 2 atom stereocenters. The molecule has 1 aliphatic heterocycles. The zero-order chi connectivity index (χ0) is 23.6. The summed E-state index contributed by atoms with van der Waals surface area (Å²) in [5.41, 5.74) is 0. The number of ether oxygens (including phenoxy) is 3. The van der Waals surface area contributed by atoms with Gasteiger partial charge in [-0.3, -0.25) is 9.53 Å². The molecule has 33 heavy (non-hydrogen) atoms. The summed E-state index contributed by atoms with van der Waals surface area (Å²) < 4.78 is 70.8. The van der Waals surface area contributed by atoms with E-state index in [-0.39, 0.29) is 60.6 Å². The molecule has 180 valence electrons. The number of carbonyl (C=O) groups is 1. The molecule has 13 heteroatoms. The summed E-state index contributed by atoms with van der Waals surface area (Å²) in [5.74, 6) is -0.946. The molecule has 1 saturated heterocycles.